The van der Waals surface area contributed by atoms with Crippen molar-refractivity contribution < 1.29 is 9.47 Å². The van der Waals surface area contributed by atoms with E-state index in [0.717, 1.165) is 25.3 Å². The van der Waals surface area contributed by atoms with Gasteiger partial charge in [0.05, 0.1) is 12.2 Å². The average Bonchev–Trinajstić information content (AvgIpc) is 2.91. The van der Waals surface area contributed by atoms with Gasteiger partial charge in [-0.15, -0.1) is 0 Å². The Balaban J connectivity index is 2.00. The monoisotopic (exact) mass is 277 g/mol. The number of rotatable bonds is 7. The van der Waals surface area contributed by atoms with Crippen LogP contribution in [-0.2, 0) is 4.74 Å². The van der Waals surface area contributed by atoms with Crippen LogP contribution in [0.25, 0.3) is 0 Å². The molecule has 1 fully saturated rings. The molecule has 1 aromatic carbocycles. The molecular weight excluding hydrogens is 250 g/mol. The van der Waals surface area contributed by atoms with Crippen molar-refractivity contribution in [2.24, 2.45) is 0 Å². The van der Waals surface area contributed by atoms with E-state index in [-0.39, 0.29) is 6.10 Å². The van der Waals surface area contributed by atoms with Crippen molar-refractivity contribution in [1.29, 1.82) is 0 Å². The molecule has 2 rings (SSSR count). The summed E-state index contributed by atoms with van der Waals surface area (Å²) in [4.78, 5) is 0. The first-order valence-electron chi connectivity index (χ1n) is 7.80. The molecule has 1 aliphatic rings. The number of hydrogen-bond acceptors (Lipinski definition) is 3. The predicted molar refractivity (Wildman–Crippen MR) is 82.2 cm³/mol. The van der Waals surface area contributed by atoms with Gasteiger partial charge in [-0.25, -0.2) is 0 Å². The van der Waals surface area contributed by atoms with Gasteiger partial charge in [-0.2, -0.15) is 0 Å². The summed E-state index contributed by atoms with van der Waals surface area (Å²) >= 11 is 0. The van der Waals surface area contributed by atoms with Gasteiger partial charge in [0.15, 0.2) is 0 Å². The first-order chi connectivity index (χ1) is 9.69. The van der Waals surface area contributed by atoms with E-state index < -0.39 is 0 Å². The largest absolute Gasteiger partial charge is 0.491 e. The summed E-state index contributed by atoms with van der Waals surface area (Å²) in [5, 5.41) is 3.57. The van der Waals surface area contributed by atoms with Crippen molar-refractivity contribution in [1.82, 2.24) is 5.32 Å². The Bertz CT molecular complexity index is 382. The lowest BCUT2D eigenvalue weighted by Gasteiger charge is -2.22. The van der Waals surface area contributed by atoms with E-state index in [1.807, 2.05) is 13.8 Å². The molecule has 1 aliphatic heterocycles. The first-order valence-corrected chi connectivity index (χ1v) is 7.80. The molecule has 1 heterocycles. The molecule has 0 spiro atoms. The highest BCUT2D eigenvalue weighted by molar-refractivity contribution is 5.29. The average molecular weight is 277 g/mol. The Hall–Kier alpha value is -1.06. The van der Waals surface area contributed by atoms with Crippen LogP contribution in [0.1, 0.15) is 51.6 Å². The third-order valence-corrected chi connectivity index (χ3v) is 3.63. The van der Waals surface area contributed by atoms with Crippen LogP contribution < -0.4 is 10.1 Å². The third kappa shape index (κ3) is 4.50. The smallest absolute Gasteiger partial charge is 0.119 e. The molecule has 2 atom stereocenters. The molecule has 20 heavy (non-hydrogen) atoms. The molecule has 3 heteroatoms. The summed E-state index contributed by atoms with van der Waals surface area (Å²) in [6.07, 6.45) is 4.07. The quantitative estimate of drug-likeness (QED) is 0.824. The third-order valence-electron chi connectivity index (χ3n) is 3.63. The second-order valence-electron chi connectivity index (χ2n) is 5.72. The van der Waals surface area contributed by atoms with Gasteiger partial charge in [-0.05, 0) is 57.4 Å². The molecule has 0 aromatic heterocycles. The van der Waals surface area contributed by atoms with Crippen LogP contribution in [-0.4, -0.2) is 25.4 Å². The molecular formula is C17H27NO2. The lowest BCUT2D eigenvalue weighted by Crippen LogP contribution is -2.25. The van der Waals surface area contributed by atoms with Crippen LogP contribution >= 0.6 is 0 Å². The molecule has 1 aromatic rings. The minimum absolute atomic E-state index is 0.220. The molecule has 1 saturated heterocycles. The van der Waals surface area contributed by atoms with Crippen molar-refractivity contribution in [3.05, 3.63) is 29.8 Å². The van der Waals surface area contributed by atoms with Gasteiger partial charge in [0.25, 0.3) is 0 Å². The van der Waals surface area contributed by atoms with Crippen LogP contribution in [0.4, 0.5) is 0 Å². The van der Waals surface area contributed by atoms with Crippen LogP contribution in [0.3, 0.4) is 0 Å². The Kier molecular flexibility index (Phi) is 5.86. The second-order valence-corrected chi connectivity index (χ2v) is 5.72. The number of hydrogen-bond donors (Lipinski definition) is 1. The van der Waals surface area contributed by atoms with Crippen molar-refractivity contribution >= 4 is 0 Å². The standard InChI is InChI=1S/C17H27NO2/c1-4-18-17(12-16-6-5-11-19-16)14-7-9-15(10-8-14)20-13(2)3/h7-10,13,16-18H,4-6,11-12H2,1-3H3. The van der Waals surface area contributed by atoms with E-state index in [1.165, 1.54) is 18.4 Å². The Morgan fingerprint density at radius 2 is 2.05 bits per heavy atom. The van der Waals surface area contributed by atoms with Gasteiger partial charge in [0, 0.05) is 12.6 Å². The van der Waals surface area contributed by atoms with Crippen molar-refractivity contribution in [2.45, 2.75) is 58.3 Å². The maximum absolute atomic E-state index is 5.76. The van der Waals surface area contributed by atoms with Crippen LogP contribution in [0, 0.1) is 0 Å². The molecule has 0 radical (unpaired) electrons. The second kappa shape index (κ2) is 7.65. The fourth-order valence-corrected chi connectivity index (χ4v) is 2.73. The Morgan fingerprint density at radius 1 is 1.30 bits per heavy atom. The van der Waals surface area contributed by atoms with Gasteiger partial charge >= 0.3 is 0 Å². The van der Waals surface area contributed by atoms with E-state index in [2.05, 4.69) is 36.5 Å². The normalized spacial score (nSPS) is 20.3. The number of benzene rings is 1. The zero-order valence-electron chi connectivity index (χ0n) is 12.9. The maximum Gasteiger partial charge on any atom is 0.119 e. The molecule has 2 unspecified atom stereocenters. The zero-order chi connectivity index (χ0) is 14.4. The first kappa shape index (κ1) is 15.3. The number of nitrogens with one attached hydrogen (secondary N) is 1. The topological polar surface area (TPSA) is 30.5 Å². The minimum atomic E-state index is 0.220. The molecule has 0 amide bonds. The van der Waals surface area contributed by atoms with Gasteiger partial charge in [0.1, 0.15) is 5.75 Å². The van der Waals surface area contributed by atoms with Gasteiger partial charge in [-0.3, -0.25) is 0 Å². The summed E-state index contributed by atoms with van der Waals surface area (Å²) < 4.78 is 11.5. The minimum Gasteiger partial charge on any atom is -0.491 e. The van der Waals surface area contributed by atoms with E-state index in [0.29, 0.717) is 12.1 Å². The molecule has 0 bridgehead atoms. The van der Waals surface area contributed by atoms with E-state index in [9.17, 15) is 0 Å². The fourth-order valence-electron chi connectivity index (χ4n) is 2.73. The highest BCUT2D eigenvalue weighted by Gasteiger charge is 2.21. The lowest BCUT2D eigenvalue weighted by molar-refractivity contribution is 0.0947. The van der Waals surface area contributed by atoms with Gasteiger partial charge in [0.2, 0.25) is 0 Å². The molecule has 0 saturated carbocycles. The van der Waals surface area contributed by atoms with Gasteiger partial charge in [-0.1, -0.05) is 19.1 Å². The van der Waals surface area contributed by atoms with Crippen LogP contribution in [0.2, 0.25) is 0 Å². The SMILES string of the molecule is CCNC(CC1CCCO1)c1ccc(OC(C)C)cc1. The lowest BCUT2D eigenvalue weighted by atomic mass is 9.99. The summed E-state index contributed by atoms with van der Waals surface area (Å²) in [7, 11) is 0. The predicted octanol–water partition coefficient (Wildman–Crippen LogP) is 3.69. The zero-order valence-corrected chi connectivity index (χ0v) is 12.9. The van der Waals surface area contributed by atoms with E-state index in [4.69, 9.17) is 9.47 Å². The van der Waals surface area contributed by atoms with Crippen molar-refractivity contribution in [3.8, 4) is 5.75 Å². The molecule has 0 aliphatic carbocycles. The molecule has 1 N–H and O–H groups in total. The maximum atomic E-state index is 5.76. The Morgan fingerprint density at radius 3 is 2.60 bits per heavy atom. The van der Waals surface area contributed by atoms with E-state index >= 15 is 0 Å². The van der Waals surface area contributed by atoms with Gasteiger partial charge < -0.3 is 14.8 Å². The Labute approximate surface area is 122 Å². The highest BCUT2D eigenvalue weighted by Crippen LogP contribution is 2.26. The van der Waals surface area contributed by atoms with Crippen molar-refractivity contribution in [2.75, 3.05) is 13.2 Å². The number of ether oxygens (including phenoxy) is 2. The molecule has 3 nitrogen and oxygen atoms in total. The summed E-state index contributed by atoms with van der Waals surface area (Å²) in [6.45, 7) is 8.14. The molecule has 112 valence electrons. The van der Waals surface area contributed by atoms with Crippen LogP contribution in [0.15, 0.2) is 24.3 Å². The van der Waals surface area contributed by atoms with Crippen LogP contribution in [0.5, 0.6) is 5.75 Å². The highest BCUT2D eigenvalue weighted by atomic mass is 16.5. The summed E-state index contributed by atoms with van der Waals surface area (Å²) in [6, 6.07) is 8.83. The fraction of sp³-hybridized carbons (Fsp3) is 0.647. The van der Waals surface area contributed by atoms with Crippen molar-refractivity contribution in [3.63, 3.8) is 0 Å². The summed E-state index contributed by atoms with van der Waals surface area (Å²) in [5.41, 5.74) is 1.32. The summed E-state index contributed by atoms with van der Waals surface area (Å²) in [5.74, 6) is 0.941. The van der Waals surface area contributed by atoms with E-state index in [1.54, 1.807) is 0 Å².